The van der Waals surface area contributed by atoms with Crippen LogP contribution in [-0.4, -0.2) is 13.1 Å². The van der Waals surface area contributed by atoms with Crippen LogP contribution in [0.4, 0.5) is 0 Å². The van der Waals surface area contributed by atoms with Gasteiger partial charge in [-0.1, -0.05) is 34.1 Å². The predicted octanol–water partition coefficient (Wildman–Crippen LogP) is 4.11. The number of furan rings is 1. The molecule has 1 heterocycles. The molecule has 0 amide bonds. The molecule has 0 N–H and O–H groups in total. The number of rotatable bonds is 5. The van der Waals surface area contributed by atoms with Crippen LogP contribution < -0.4 is 0 Å². The van der Waals surface area contributed by atoms with E-state index in [9.17, 15) is 4.79 Å². The van der Waals surface area contributed by atoms with E-state index in [0.717, 1.165) is 10.0 Å². The monoisotopic (exact) mass is 338 g/mol. The van der Waals surface area contributed by atoms with Crippen LogP contribution in [0.3, 0.4) is 0 Å². The lowest BCUT2D eigenvalue weighted by Gasteiger charge is -2.11. The van der Waals surface area contributed by atoms with Crippen molar-refractivity contribution in [2.45, 2.75) is 19.6 Å². The van der Waals surface area contributed by atoms with E-state index in [4.69, 9.17) is 9.15 Å². The highest BCUT2D eigenvalue weighted by atomic mass is 79.9. The molecule has 0 aliphatic heterocycles. The Kier molecular flexibility index (Phi) is 4.98. The molecular weight excluding hydrogens is 324 g/mol. The number of halogens is 1. The molecule has 4 nitrogen and oxygen atoms in total. The standard InChI is InChI=1S/C15H15BrO4/c1-10(13-7-8-14(20-13)15(17)18-2)19-9-11-5-3-4-6-12(11)16/h3-8,10H,9H2,1-2H3. The predicted molar refractivity (Wildman–Crippen MR) is 77.4 cm³/mol. The van der Waals surface area contributed by atoms with Crippen LogP contribution in [0.25, 0.3) is 0 Å². The SMILES string of the molecule is COC(=O)c1ccc(C(C)OCc2ccccc2Br)o1. The number of ether oxygens (including phenoxy) is 2. The molecule has 0 spiro atoms. The molecule has 5 heteroatoms. The zero-order valence-corrected chi connectivity index (χ0v) is 12.8. The highest BCUT2D eigenvalue weighted by molar-refractivity contribution is 9.10. The van der Waals surface area contributed by atoms with Crippen molar-refractivity contribution in [3.8, 4) is 0 Å². The minimum atomic E-state index is -0.491. The third kappa shape index (κ3) is 3.49. The Morgan fingerprint density at radius 1 is 1.30 bits per heavy atom. The summed E-state index contributed by atoms with van der Waals surface area (Å²) in [5, 5.41) is 0. The third-order valence-corrected chi connectivity index (χ3v) is 3.63. The lowest BCUT2D eigenvalue weighted by atomic mass is 10.2. The van der Waals surface area contributed by atoms with Gasteiger partial charge in [-0.25, -0.2) is 4.79 Å². The van der Waals surface area contributed by atoms with Gasteiger partial charge in [0.2, 0.25) is 5.76 Å². The average molecular weight is 339 g/mol. The first-order valence-electron chi connectivity index (χ1n) is 6.15. The maximum atomic E-state index is 11.3. The number of hydrogen-bond acceptors (Lipinski definition) is 4. The number of carbonyl (C=O) groups is 1. The van der Waals surface area contributed by atoms with E-state index in [0.29, 0.717) is 12.4 Å². The highest BCUT2D eigenvalue weighted by Gasteiger charge is 2.16. The topological polar surface area (TPSA) is 48.7 Å². The van der Waals surface area contributed by atoms with Gasteiger partial charge in [0, 0.05) is 4.47 Å². The molecular formula is C15H15BrO4. The van der Waals surface area contributed by atoms with E-state index in [2.05, 4.69) is 20.7 Å². The zero-order valence-electron chi connectivity index (χ0n) is 11.3. The molecule has 0 fully saturated rings. The van der Waals surface area contributed by atoms with Crippen LogP contribution in [0.2, 0.25) is 0 Å². The molecule has 2 aromatic rings. The van der Waals surface area contributed by atoms with E-state index >= 15 is 0 Å². The molecule has 1 unspecified atom stereocenters. The fourth-order valence-corrected chi connectivity index (χ4v) is 2.09. The smallest absolute Gasteiger partial charge is 0.373 e. The average Bonchev–Trinajstić information content (AvgIpc) is 2.95. The van der Waals surface area contributed by atoms with Gasteiger partial charge in [0.15, 0.2) is 0 Å². The number of esters is 1. The Morgan fingerprint density at radius 3 is 2.75 bits per heavy atom. The van der Waals surface area contributed by atoms with Crippen molar-refractivity contribution < 1.29 is 18.7 Å². The maximum absolute atomic E-state index is 11.3. The first kappa shape index (κ1) is 14.8. The fraction of sp³-hybridized carbons (Fsp3) is 0.267. The molecule has 0 aliphatic carbocycles. The van der Waals surface area contributed by atoms with Crippen molar-refractivity contribution in [3.05, 3.63) is 58.0 Å². The first-order valence-corrected chi connectivity index (χ1v) is 6.94. The lowest BCUT2D eigenvalue weighted by molar-refractivity contribution is 0.0348. The van der Waals surface area contributed by atoms with Crippen molar-refractivity contribution in [1.82, 2.24) is 0 Å². The summed E-state index contributed by atoms with van der Waals surface area (Å²) in [7, 11) is 1.32. The van der Waals surface area contributed by atoms with Gasteiger partial charge in [-0.3, -0.25) is 0 Å². The number of methoxy groups -OCH3 is 1. The quantitative estimate of drug-likeness (QED) is 0.770. The van der Waals surface area contributed by atoms with Gasteiger partial charge in [0.05, 0.1) is 13.7 Å². The Balaban J connectivity index is 1.98. The van der Waals surface area contributed by atoms with Gasteiger partial charge in [-0.05, 0) is 30.7 Å². The summed E-state index contributed by atoms with van der Waals surface area (Å²) in [6.45, 7) is 2.33. The van der Waals surface area contributed by atoms with Crippen LogP contribution in [0.1, 0.15) is 34.9 Å². The summed E-state index contributed by atoms with van der Waals surface area (Å²) >= 11 is 3.47. The minimum Gasteiger partial charge on any atom is -0.463 e. The summed E-state index contributed by atoms with van der Waals surface area (Å²) < 4.78 is 16.7. The van der Waals surface area contributed by atoms with Crippen molar-refractivity contribution in [2.75, 3.05) is 7.11 Å². The second-order valence-corrected chi connectivity index (χ2v) is 5.09. The van der Waals surface area contributed by atoms with E-state index in [1.807, 2.05) is 31.2 Å². The molecule has 1 aromatic carbocycles. The van der Waals surface area contributed by atoms with E-state index in [-0.39, 0.29) is 11.9 Å². The second-order valence-electron chi connectivity index (χ2n) is 4.24. The van der Waals surface area contributed by atoms with E-state index in [1.54, 1.807) is 12.1 Å². The Bertz CT molecular complexity index is 591. The number of carbonyl (C=O) groups excluding carboxylic acids is 1. The Labute approximate surface area is 125 Å². The normalized spacial score (nSPS) is 12.2. The van der Waals surface area contributed by atoms with Gasteiger partial charge in [0.25, 0.3) is 0 Å². The van der Waals surface area contributed by atoms with E-state index < -0.39 is 5.97 Å². The van der Waals surface area contributed by atoms with Crippen LogP contribution in [0, 0.1) is 0 Å². The van der Waals surface area contributed by atoms with Crippen molar-refractivity contribution in [1.29, 1.82) is 0 Å². The molecule has 1 atom stereocenters. The molecule has 0 radical (unpaired) electrons. The Morgan fingerprint density at radius 2 is 2.05 bits per heavy atom. The molecule has 0 bridgehead atoms. The van der Waals surface area contributed by atoms with Crippen molar-refractivity contribution >= 4 is 21.9 Å². The maximum Gasteiger partial charge on any atom is 0.373 e. The first-order chi connectivity index (χ1) is 9.61. The summed E-state index contributed by atoms with van der Waals surface area (Å²) in [5.41, 5.74) is 1.05. The summed E-state index contributed by atoms with van der Waals surface area (Å²) in [6.07, 6.45) is -0.250. The van der Waals surface area contributed by atoms with Crippen molar-refractivity contribution in [2.24, 2.45) is 0 Å². The lowest BCUT2D eigenvalue weighted by Crippen LogP contribution is -2.01. The molecule has 106 valence electrons. The van der Waals surface area contributed by atoms with Gasteiger partial charge >= 0.3 is 5.97 Å². The summed E-state index contributed by atoms with van der Waals surface area (Å²) in [4.78, 5) is 11.3. The highest BCUT2D eigenvalue weighted by Crippen LogP contribution is 2.23. The van der Waals surface area contributed by atoms with Gasteiger partial charge in [-0.2, -0.15) is 0 Å². The van der Waals surface area contributed by atoms with Gasteiger partial charge in [-0.15, -0.1) is 0 Å². The Hall–Kier alpha value is -1.59. The third-order valence-electron chi connectivity index (χ3n) is 2.86. The van der Waals surface area contributed by atoms with Crippen LogP contribution >= 0.6 is 15.9 Å². The van der Waals surface area contributed by atoms with Crippen LogP contribution in [-0.2, 0) is 16.1 Å². The molecule has 20 heavy (non-hydrogen) atoms. The minimum absolute atomic E-state index is 0.179. The van der Waals surface area contributed by atoms with Gasteiger partial charge < -0.3 is 13.9 Å². The molecule has 0 saturated carbocycles. The van der Waals surface area contributed by atoms with Crippen LogP contribution in [0.15, 0.2) is 45.3 Å². The molecule has 1 aromatic heterocycles. The molecule has 2 rings (SSSR count). The molecule has 0 aliphatic rings. The fourth-order valence-electron chi connectivity index (χ4n) is 1.69. The number of benzene rings is 1. The van der Waals surface area contributed by atoms with Crippen molar-refractivity contribution in [3.63, 3.8) is 0 Å². The summed E-state index contributed by atoms with van der Waals surface area (Å²) in [6, 6.07) is 11.2. The van der Waals surface area contributed by atoms with E-state index in [1.165, 1.54) is 7.11 Å². The second kappa shape index (κ2) is 6.72. The van der Waals surface area contributed by atoms with Gasteiger partial charge in [0.1, 0.15) is 11.9 Å². The van der Waals surface area contributed by atoms with Crippen LogP contribution in [0.5, 0.6) is 0 Å². The zero-order chi connectivity index (χ0) is 14.5. The summed E-state index contributed by atoms with van der Waals surface area (Å²) in [5.74, 6) is 0.283. The molecule has 0 saturated heterocycles. The number of hydrogen-bond donors (Lipinski definition) is 0. The largest absolute Gasteiger partial charge is 0.463 e.